The maximum Gasteiger partial charge on any atom is 0.413 e. The molecule has 6 rings (SSSR count). The zero-order chi connectivity index (χ0) is 25.9. The van der Waals surface area contributed by atoms with Crippen LogP contribution in [0.15, 0.2) is 24.5 Å². The molecule has 0 spiro atoms. The first-order chi connectivity index (χ1) is 17.7. The molecule has 202 valence electrons. The molecule has 4 N–H and O–H groups in total. The molecule has 1 amide bonds. The van der Waals surface area contributed by atoms with Gasteiger partial charge in [-0.05, 0) is 42.8 Å². The predicted molar refractivity (Wildman–Crippen MR) is 143 cm³/mol. The van der Waals surface area contributed by atoms with E-state index in [1.807, 2.05) is 6.92 Å². The van der Waals surface area contributed by atoms with Crippen molar-refractivity contribution in [3.8, 4) is 17.0 Å². The first kappa shape index (κ1) is 26.2. The third-order valence-corrected chi connectivity index (χ3v) is 9.19. The Labute approximate surface area is 224 Å². The zero-order valence-corrected chi connectivity index (χ0v) is 22.0. The minimum Gasteiger partial charge on any atom is -0.474 e. The van der Waals surface area contributed by atoms with Crippen molar-refractivity contribution >= 4 is 56.5 Å². The average molecular weight is 565 g/mol. The molecule has 1 aliphatic carbocycles. The number of nitrogens with one attached hydrogen (secondary N) is 2. The third kappa shape index (κ3) is 4.54. The van der Waals surface area contributed by atoms with Gasteiger partial charge in [-0.25, -0.2) is 27.6 Å². The summed E-state index contributed by atoms with van der Waals surface area (Å²) in [5, 5.41) is 6.45. The van der Waals surface area contributed by atoms with Crippen molar-refractivity contribution in [3.05, 3.63) is 35.9 Å². The van der Waals surface area contributed by atoms with E-state index in [2.05, 4.69) is 20.6 Å². The third-order valence-electron chi connectivity index (χ3n) is 6.86. The molecular formula is C24H26ClFN6O5S. The number of nitrogens with two attached hydrogens (primary N) is 1. The molecule has 2 fully saturated rings. The molecule has 2 aromatic heterocycles. The summed E-state index contributed by atoms with van der Waals surface area (Å²) in [4.78, 5) is 20.9. The summed E-state index contributed by atoms with van der Waals surface area (Å²) in [7, 11) is -3.27. The van der Waals surface area contributed by atoms with Crippen molar-refractivity contribution in [2.75, 3.05) is 42.6 Å². The molecule has 4 heterocycles. The van der Waals surface area contributed by atoms with Crippen LogP contribution >= 0.6 is 12.4 Å². The molecule has 11 nitrogen and oxygen atoms in total. The number of nitrogens with zero attached hydrogens (tertiary/aromatic N) is 3. The molecule has 3 aliphatic rings. The Balaban J connectivity index is 0.00000294. The highest BCUT2D eigenvalue weighted by molar-refractivity contribution is 7.90. The number of halogens is 2. The Hall–Kier alpha value is -3.42. The number of rotatable bonds is 5. The van der Waals surface area contributed by atoms with E-state index >= 15 is 4.39 Å². The fourth-order valence-corrected chi connectivity index (χ4v) is 6.50. The molecule has 0 radical (unpaired) electrons. The number of ether oxygens (including phenoxy) is 2. The first-order valence-electron chi connectivity index (χ1n) is 11.9. The number of pyridine rings is 2. The maximum absolute atomic E-state index is 15.3. The highest BCUT2D eigenvalue weighted by atomic mass is 35.5. The summed E-state index contributed by atoms with van der Waals surface area (Å²) in [6.45, 7) is 3.26. The van der Waals surface area contributed by atoms with Crippen LogP contribution in [0.25, 0.3) is 21.9 Å². The molecule has 14 heteroatoms. The normalized spacial score (nSPS) is 17.4. The second-order valence-corrected chi connectivity index (χ2v) is 11.6. The summed E-state index contributed by atoms with van der Waals surface area (Å²) in [6.07, 6.45) is 3.02. The van der Waals surface area contributed by atoms with Crippen molar-refractivity contribution in [2.24, 2.45) is 0 Å². The number of amides is 1. The summed E-state index contributed by atoms with van der Waals surface area (Å²) >= 11 is 0. The Bertz CT molecular complexity index is 1550. The highest BCUT2D eigenvalue weighted by Gasteiger charge is 2.46. The number of anilines is 3. The number of nitrogen functional groups attached to an aromatic ring is 1. The van der Waals surface area contributed by atoms with Crippen molar-refractivity contribution < 1.29 is 27.1 Å². The van der Waals surface area contributed by atoms with Crippen LogP contribution in [0.5, 0.6) is 5.88 Å². The fourth-order valence-electron chi connectivity index (χ4n) is 4.60. The summed E-state index contributed by atoms with van der Waals surface area (Å²) < 4.78 is 52.0. The number of benzene rings is 1. The molecular weight excluding hydrogens is 539 g/mol. The number of sulfonamides is 1. The molecule has 1 saturated heterocycles. The zero-order valence-electron chi connectivity index (χ0n) is 20.4. The van der Waals surface area contributed by atoms with Gasteiger partial charge in [-0.15, -0.1) is 12.4 Å². The van der Waals surface area contributed by atoms with Crippen LogP contribution in [0, 0.1) is 12.7 Å². The molecule has 0 unspecified atom stereocenters. The van der Waals surface area contributed by atoms with E-state index < -0.39 is 28.0 Å². The van der Waals surface area contributed by atoms with Crippen LogP contribution < -0.4 is 21.1 Å². The molecule has 2 aliphatic heterocycles. The Morgan fingerprint density at radius 1 is 1.24 bits per heavy atom. The van der Waals surface area contributed by atoms with Crippen LogP contribution in [-0.4, -0.2) is 66.4 Å². The van der Waals surface area contributed by atoms with Gasteiger partial charge in [0, 0.05) is 35.5 Å². The number of carbonyl (C=O) groups excluding carboxylic acids is 1. The van der Waals surface area contributed by atoms with E-state index in [9.17, 15) is 13.2 Å². The van der Waals surface area contributed by atoms with Crippen molar-refractivity contribution in [1.82, 2.24) is 14.3 Å². The second-order valence-electron chi connectivity index (χ2n) is 9.41. The summed E-state index contributed by atoms with van der Waals surface area (Å²) in [5.41, 5.74) is 8.36. The Morgan fingerprint density at radius 2 is 2.00 bits per heavy atom. The summed E-state index contributed by atoms with van der Waals surface area (Å²) in [6, 6.07) is 3.20. The second kappa shape index (κ2) is 9.71. The van der Waals surface area contributed by atoms with Crippen LogP contribution in [0.1, 0.15) is 18.4 Å². The minimum atomic E-state index is -3.27. The standard InChI is InChI=1S/C24H25FN6O5S.ClH/c1-12-17(8-29-23-22(12)27-4-5-35-23)16-6-13-7-19(28-9-18(13)21(26)20(16)25)30-24(32)36-14-10-31(11-14)37(33,34)15-2-3-15;/h6-9,14-15,27H,2-5,10-11,26H2,1H3,(H,28,30,32);1H. The van der Waals surface area contributed by atoms with Crippen molar-refractivity contribution in [1.29, 1.82) is 0 Å². The Kier molecular flexibility index (Phi) is 6.70. The molecule has 1 saturated carbocycles. The van der Waals surface area contributed by atoms with E-state index in [1.54, 1.807) is 18.3 Å². The maximum atomic E-state index is 15.3. The predicted octanol–water partition coefficient (Wildman–Crippen LogP) is 3.28. The lowest BCUT2D eigenvalue weighted by molar-refractivity contribution is 0.0345. The monoisotopic (exact) mass is 564 g/mol. The van der Waals surface area contributed by atoms with E-state index in [4.69, 9.17) is 15.2 Å². The molecule has 0 atom stereocenters. The van der Waals surface area contributed by atoms with E-state index in [0.717, 1.165) is 5.56 Å². The van der Waals surface area contributed by atoms with Gasteiger partial charge in [0.05, 0.1) is 24.0 Å². The number of hydrogen-bond donors (Lipinski definition) is 3. The summed E-state index contributed by atoms with van der Waals surface area (Å²) in [5.74, 6) is 0.0638. The van der Waals surface area contributed by atoms with Gasteiger partial charge in [-0.2, -0.15) is 4.31 Å². The number of fused-ring (bicyclic) bond motifs is 2. The van der Waals surface area contributed by atoms with Crippen molar-refractivity contribution in [3.63, 3.8) is 0 Å². The van der Waals surface area contributed by atoms with Gasteiger partial charge in [0.1, 0.15) is 24.2 Å². The highest BCUT2D eigenvalue weighted by Crippen LogP contribution is 2.39. The van der Waals surface area contributed by atoms with Crippen LogP contribution in [0.2, 0.25) is 0 Å². The molecule has 1 aromatic carbocycles. The van der Waals surface area contributed by atoms with Gasteiger partial charge in [0.15, 0.2) is 5.82 Å². The van der Waals surface area contributed by atoms with Gasteiger partial charge in [0.2, 0.25) is 15.9 Å². The molecule has 3 aromatic rings. The minimum absolute atomic E-state index is 0. The largest absolute Gasteiger partial charge is 0.474 e. The van der Waals surface area contributed by atoms with Gasteiger partial charge < -0.3 is 20.5 Å². The van der Waals surface area contributed by atoms with Gasteiger partial charge in [0.25, 0.3) is 0 Å². The lowest BCUT2D eigenvalue weighted by Gasteiger charge is -2.37. The van der Waals surface area contributed by atoms with E-state index in [-0.39, 0.29) is 47.8 Å². The lowest BCUT2D eigenvalue weighted by atomic mass is 9.97. The SMILES string of the molecule is Cc1c(-c2cc3cc(NC(=O)OC4CN(S(=O)(=O)C5CC5)C4)ncc3c(N)c2F)cnc2c1NCCO2.Cl. The van der Waals surface area contributed by atoms with Gasteiger partial charge in [-0.3, -0.25) is 5.32 Å². The molecule has 0 bridgehead atoms. The van der Waals surface area contributed by atoms with Crippen LogP contribution in [0.4, 0.5) is 26.4 Å². The first-order valence-corrected chi connectivity index (χ1v) is 13.4. The smallest absolute Gasteiger partial charge is 0.413 e. The van der Waals surface area contributed by atoms with Gasteiger partial charge >= 0.3 is 6.09 Å². The van der Waals surface area contributed by atoms with Crippen molar-refractivity contribution in [2.45, 2.75) is 31.1 Å². The number of carbonyl (C=O) groups is 1. The van der Waals surface area contributed by atoms with E-state index in [0.29, 0.717) is 53.9 Å². The van der Waals surface area contributed by atoms with E-state index in [1.165, 1.54) is 10.5 Å². The quantitative estimate of drug-likeness (QED) is 0.397. The number of aromatic nitrogens is 2. The van der Waals surface area contributed by atoms with Gasteiger partial charge in [-0.1, -0.05) is 0 Å². The Morgan fingerprint density at radius 3 is 2.74 bits per heavy atom. The lowest BCUT2D eigenvalue weighted by Crippen LogP contribution is -2.56. The van der Waals surface area contributed by atoms with Crippen LogP contribution in [0.3, 0.4) is 0 Å². The topological polar surface area (TPSA) is 149 Å². The number of hydrogen-bond acceptors (Lipinski definition) is 9. The van der Waals surface area contributed by atoms with Crippen LogP contribution in [-0.2, 0) is 14.8 Å². The molecule has 38 heavy (non-hydrogen) atoms. The fraction of sp³-hybridized carbons (Fsp3) is 0.375. The average Bonchev–Trinajstić information content (AvgIpc) is 3.70.